The van der Waals surface area contributed by atoms with E-state index in [-0.39, 0.29) is 5.97 Å². The van der Waals surface area contributed by atoms with Crippen molar-refractivity contribution >= 4 is 49.1 Å². The molecule has 5 aromatic carbocycles. The summed E-state index contributed by atoms with van der Waals surface area (Å²) in [6, 6.07) is 27.1. The van der Waals surface area contributed by atoms with Gasteiger partial charge in [-0.1, -0.05) is 60.7 Å². The second-order valence-electron chi connectivity index (χ2n) is 6.56. The minimum Gasteiger partial charge on any atom is -0.426 e. The SMILES string of the molecule is CC(=O)Oc1cccc2c3ccccc3c3cc4ccccc4cc3c12. The van der Waals surface area contributed by atoms with E-state index in [4.69, 9.17) is 4.74 Å². The molecule has 0 N–H and O–H groups in total. The summed E-state index contributed by atoms with van der Waals surface area (Å²) in [5.74, 6) is 0.306. The third kappa shape index (κ3) is 2.16. The van der Waals surface area contributed by atoms with Crippen molar-refractivity contribution in [3.63, 3.8) is 0 Å². The van der Waals surface area contributed by atoms with Gasteiger partial charge < -0.3 is 4.74 Å². The lowest BCUT2D eigenvalue weighted by Crippen LogP contribution is -2.02. The monoisotopic (exact) mass is 336 g/mol. The van der Waals surface area contributed by atoms with E-state index in [9.17, 15) is 4.79 Å². The molecule has 0 saturated heterocycles. The Kier molecular flexibility index (Phi) is 3.19. The smallest absolute Gasteiger partial charge is 0.308 e. The van der Waals surface area contributed by atoms with Crippen LogP contribution < -0.4 is 4.74 Å². The Labute approximate surface area is 150 Å². The van der Waals surface area contributed by atoms with E-state index >= 15 is 0 Å². The fourth-order valence-electron chi connectivity index (χ4n) is 3.90. The zero-order valence-corrected chi connectivity index (χ0v) is 14.3. The molecule has 0 saturated carbocycles. The number of esters is 1. The average Bonchev–Trinajstić information content (AvgIpc) is 2.66. The van der Waals surface area contributed by atoms with Crippen LogP contribution in [0.3, 0.4) is 0 Å². The summed E-state index contributed by atoms with van der Waals surface area (Å²) in [6.45, 7) is 1.44. The van der Waals surface area contributed by atoms with Gasteiger partial charge in [-0.05, 0) is 55.9 Å². The Hall–Kier alpha value is -3.39. The van der Waals surface area contributed by atoms with E-state index in [2.05, 4.69) is 54.6 Å². The zero-order valence-electron chi connectivity index (χ0n) is 14.3. The van der Waals surface area contributed by atoms with Gasteiger partial charge in [-0.2, -0.15) is 0 Å². The topological polar surface area (TPSA) is 26.3 Å². The number of benzene rings is 5. The summed E-state index contributed by atoms with van der Waals surface area (Å²) in [7, 11) is 0. The van der Waals surface area contributed by atoms with Crippen LogP contribution in [-0.4, -0.2) is 5.97 Å². The Bertz CT molecular complexity index is 1330. The molecule has 2 nitrogen and oxygen atoms in total. The van der Waals surface area contributed by atoms with Crippen LogP contribution in [0.4, 0.5) is 0 Å². The lowest BCUT2D eigenvalue weighted by molar-refractivity contribution is -0.131. The molecule has 0 aliphatic carbocycles. The number of hydrogen-bond donors (Lipinski definition) is 0. The van der Waals surface area contributed by atoms with Crippen LogP contribution in [0.25, 0.3) is 43.1 Å². The lowest BCUT2D eigenvalue weighted by Gasteiger charge is -2.14. The van der Waals surface area contributed by atoms with Gasteiger partial charge in [0.1, 0.15) is 5.75 Å². The van der Waals surface area contributed by atoms with Gasteiger partial charge in [0.2, 0.25) is 0 Å². The predicted molar refractivity (Wildman–Crippen MR) is 108 cm³/mol. The second kappa shape index (κ2) is 5.57. The molecule has 5 aromatic rings. The first-order valence-corrected chi connectivity index (χ1v) is 8.67. The maximum absolute atomic E-state index is 11.6. The van der Waals surface area contributed by atoms with Crippen LogP contribution in [0.1, 0.15) is 6.92 Å². The first-order valence-electron chi connectivity index (χ1n) is 8.67. The first kappa shape index (κ1) is 14.9. The van der Waals surface area contributed by atoms with Crippen LogP contribution in [0.15, 0.2) is 78.9 Å². The summed E-state index contributed by atoms with van der Waals surface area (Å²) in [5, 5.41) is 9.12. The van der Waals surface area contributed by atoms with Gasteiger partial charge in [-0.3, -0.25) is 4.79 Å². The van der Waals surface area contributed by atoms with Gasteiger partial charge in [0.05, 0.1) is 0 Å². The molecule has 0 spiro atoms. The van der Waals surface area contributed by atoms with Crippen LogP contribution in [0.5, 0.6) is 5.75 Å². The van der Waals surface area contributed by atoms with Gasteiger partial charge in [0.25, 0.3) is 0 Å². The van der Waals surface area contributed by atoms with Crippen LogP contribution in [0, 0.1) is 0 Å². The van der Waals surface area contributed by atoms with E-state index in [0.29, 0.717) is 5.75 Å². The number of rotatable bonds is 1. The molecule has 0 bridgehead atoms. The summed E-state index contributed by atoms with van der Waals surface area (Å²) in [4.78, 5) is 11.6. The Balaban J connectivity index is 2.09. The maximum Gasteiger partial charge on any atom is 0.308 e. The molecule has 0 aliphatic heterocycles. The number of fused-ring (bicyclic) bond motifs is 7. The van der Waals surface area contributed by atoms with Gasteiger partial charge in [-0.15, -0.1) is 0 Å². The molecule has 0 amide bonds. The van der Waals surface area contributed by atoms with E-state index in [1.807, 2.05) is 24.3 Å². The van der Waals surface area contributed by atoms with Crippen LogP contribution in [-0.2, 0) is 4.79 Å². The van der Waals surface area contributed by atoms with Crippen molar-refractivity contribution < 1.29 is 9.53 Å². The van der Waals surface area contributed by atoms with Crippen molar-refractivity contribution in [3.8, 4) is 5.75 Å². The highest BCUT2D eigenvalue weighted by molar-refractivity contribution is 6.28. The summed E-state index contributed by atoms with van der Waals surface area (Å²) in [6.07, 6.45) is 0. The molecule has 0 aliphatic rings. The molecule has 124 valence electrons. The van der Waals surface area contributed by atoms with Crippen molar-refractivity contribution in [3.05, 3.63) is 78.9 Å². The predicted octanol–water partition coefficient (Wildman–Crippen LogP) is 6.22. The zero-order chi connectivity index (χ0) is 17.7. The van der Waals surface area contributed by atoms with Crippen molar-refractivity contribution in [1.82, 2.24) is 0 Å². The number of carbonyl (C=O) groups is 1. The third-order valence-electron chi connectivity index (χ3n) is 4.94. The Morgan fingerprint density at radius 3 is 1.92 bits per heavy atom. The highest BCUT2D eigenvalue weighted by atomic mass is 16.5. The molecule has 0 unspecified atom stereocenters. The van der Waals surface area contributed by atoms with Crippen molar-refractivity contribution in [1.29, 1.82) is 0 Å². The summed E-state index contributed by atoms with van der Waals surface area (Å²) in [5.41, 5.74) is 0. The molecule has 0 aromatic heterocycles. The highest BCUT2D eigenvalue weighted by Gasteiger charge is 2.14. The minimum atomic E-state index is -0.306. The Morgan fingerprint density at radius 2 is 1.23 bits per heavy atom. The molecular weight excluding hydrogens is 320 g/mol. The lowest BCUT2D eigenvalue weighted by atomic mass is 9.92. The molecule has 0 fully saturated rings. The fraction of sp³-hybridized carbons (Fsp3) is 0.0417. The van der Waals surface area contributed by atoms with Crippen LogP contribution in [0.2, 0.25) is 0 Å². The van der Waals surface area contributed by atoms with Gasteiger partial charge in [0.15, 0.2) is 0 Å². The molecule has 0 atom stereocenters. The number of carbonyl (C=O) groups excluding carboxylic acids is 1. The molecule has 2 heteroatoms. The average molecular weight is 336 g/mol. The molecule has 5 rings (SSSR count). The van der Waals surface area contributed by atoms with Crippen molar-refractivity contribution in [2.24, 2.45) is 0 Å². The first-order chi connectivity index (χ1) is 12.7. The number of hydrogen-bond acceptors (Lipinski definition) is 2. The third-order valence-corrected chi connectivity index (χ3v) is 4.94. The van der Waals surface area contributed by atoms with Crippen molar-refractivity contribution in [2.75, 3.05) is 0 Å². The molecule has 26 heavy (non-hydrogen) atoms. The van der Waals surface area contributed by atoms with E-state index < -0.39 is 0 Å². The van der Waals surface area contributed by atoms with Gasteiger partial charge >= 0.3 is 5.97 Å². The second-order valence-corrected chi connectivity index (χ2v) is 6.56. The Morgan fingerprint density at radius 1 is 0.654 bits per heavy atom. The quantitative estimate of drug-likeness (QED) is 0.157. The summed E-state index contributed by atoms with van der Waals surface area (Å²) >= 11 is 0. The van der Waals surface area contributed by atoms with Crippen LogP contribution >= 0.6 is 0 Å². The molecule has 0 radical (unpaired) electrons. The molecular formula is C24H16O2. The molecule has 0 heterocycles. The van der Waals surface area contributed by atoms with E-state index in [1.165, 1.54) is 33.9 Å². The van der Waals surface area contributed by atoms with Crippen molar-refractivity contribution in [2.45, 2.75) is 6.92 Å². The standard InChI is InChI=1S/C24H16O2/c1-15(25)26-23-12-6-11-20-18-9-4-5-10-19(18)21-13-16-7-2-3-8-17(16)14-22(21)24(20)23/h2-14H,1H3. The minimum absolute atomic E-state index is 0.306. The van der Waals surface area contributed by atoms with E-state index in [1.54, 1.807) is 0 Å². The largest absolute Gasteiger partial charge is 0.426 e. The van der Waals surface area contributed by atoms with Gasteiger partial charge in [-0.25, -0.2) is 0 Å². The van der Waals surface area contributed by atoms with E-state index in [0.717, 1.165) is 16.2 Å². The summed E-state index contributed by atoms with van der Waals surface area (Å²) < 4.78 is 5.56. The maximum atomic E-state index is 11.6. The van der Waals surface area contributed by atoms with Gasteiger partial charge in [0, 0.05) is 12.3 Å². The fourth-order valence-corrected chi connectivity index (χ4v) is 3.90. The normalized spacial score (nSPS) is 11.4. The number of ether oxygens (including phenoxy) is 1. The highest BCUT2D eigenvalue weighted by Crippen LogP contribution is 2.41.